The highest BCUT2D eigenvalue weighted by Crippen LogP contribution is 2.23. The SMILES string of the molecule is CCOC(=O)c1cnn(-c2ccc3ccccc3n2)c1NS(=O)(=O)N(C)C. The number of pyridine rings is 1. The molecule has 9 nitrogen and oxygen atoms in total. The third-order valence-electron chi connectivity index (χ3n) is 3.77. The van der Waals surface area contributed by atoms with Gasteiger partial charge in [-0.2, -0.15) is 22.5 Å². The van der Waals surface area contributed by atoms with E-state index in [1.54, 1.807) is 13.0 Å². The zero-order valence-corrected chi connectivity index (χ0v) is 15.9. The maximum absolute atomic E-state index is 12.3. The fraction of sp³-hybridized carbons (Fsp3) is 0.235. The van der Waals surface area contributed by atoms with Gasteiger partial charge in [0.2, 0.25) is 0 Å². The lowest BCUT2D eigenvalue weighted by Crippen LogP contribution is -2.30. The molecule has 3 aromatic rings. The molecule has 2 heterocycles. The number of rotatable bonds is 6. The predicted octanol–water partition coefficient (Wildman–Crippen LogP) is 1.82. The summed E-state index contributed by atoms with van der Waals surface area (Å²) in [4.78, 5) is 16.7. The van der Waals surface area contributed by atoms with E-state index in [1.165, 1.54) is 25.0 Å². The quantitative estimate of drug-likeness (QED) is 0.645. The van der Waals surface area contributed by atoms with Gasteiger partial charge in [0, 0.05) is 19.5 Å². The van der Waals surface area contributed by atoms with Crippen molar-refractivity contribution in [1.82, 2.24) is 19.1 Å². The van der Waals surface area contributed by atoms with E-state index in [-0.39, 0.29) is 18.0 Å². The number of para-hydroxylation sites is 1. The highest BCUT2D eigenvalue weighted by Gasteiger charge is 2.25. The summed E-state index contributed by atoms with van der Waals surface area (Å²) in [5.74, 6) is -0.355. The Morgan fingerprint density at radius 1 is 1.22 bits per heavy atom. The zero-order chi connectivity index (χ0) is 19.6. The number of nitrogens with zero attached hydrogens (tertiary/aromatic N) is 4. The number of benzene rings is 1. The van der Waals surface area contributed by atoms with Crippen LogP contribution in [0.15, 0.2) is 42.6 Å². The Morgan fingerprint density at radius 2 is 1.96 bits per heavy atom. The van der Waals surface area contributed by atoms with Gasteiger partial charge in [-0.25, -0.2) is 9.78 Å². The molecule has 0 amide bonds. The topological polar surface area (TPSA) is 106 Å². The van der Waals surface area contributed by atoms with Gasteiger partial charge in [-0.15, -0.1) is 0 Å². The minimum atomic E-state index is -3.88. The number of anilines is 1. The second-order valence-corrected chi connectivity index (χ2v) is 7.68. The number of hydrogen-bond donors (Lipinski definition) is 1. The van der Waals surface area contributed by atoms with Gasteiger partial charge in [-0.05, 0) is 25.1 Å². The van der Waals surface area contributed by atoms with E-state index in [1.807, 2.05) is 30.3 Å². The van der Waals surface area contributed by atoms with Crippen LogP contribution in [0.1, 0.15) is 17.3 Å². The summed E-state index contributed by atoms with van der Waals surface area (Å²) in [6, 6.07) is 11.0. The van der Waals surface area contributed by atoms with Gasteiger partial charge in [-0.1, -0.05) is 18.2 Å². The van der Waals surface area contributed by atoms with Crippen molar-refractivity contribution in [3.8, 4) is 5.82 Å². The van der Waals surface area contributed by atoms with E-state index in [0.29, 0.717) is 11.3 Å². The normalized spacial score (nSPS) is 11.7. The molecule has 1 N–H and O–H groups in total. The van der Waals surface area contributed by atoms with Crippen molar-refractivity contribution in [2.45, 2.75) is 6.92 Å². The van der Waals surface area contributed by atoms with Gasteiger partial charge in [-0.3, -0.25) is 4.72 Å². The van der Waals surface area contributed by atoms with Crippen molar-refractivity contribution in [2.24, 2.45) is 0 Å². The Balaban J connectivity index is 2.15. The largest absolute Gasteiger partial charge is 0.462 e. The Bertz CT molecular complexity index is 1090. The van der Waals surface area contributed by atoms with Crippen LogP contribution in [-0.4, -0.2) is 54.2 Å². The van der Waals surface area contributed by atoms with Crippen molar-refractivity contribution >= 4 is 32.9 Å². The minimum Gasteiger partial charge on any atom is -0.462 e. The van der Waals surface area contributed by atoms with E-state index < -0.39 is 16.2 Å². The fourth-order valence-electron chi connectivity index (χ4n) is 2.37. The Morgan fingerprint density at radius 3 is 2.67 bits per heavy atom. The number of esters is 1. The molecule has 1 aromatic carbocycles. The molecule has 0 aliphatic carbocycles. The maximum Gasteiger partial charge on any atom is 0.343 e. The second kappa shape index (κ2) is 7.33. The molecule has 10 heteroatoms. The first-order chi connectivity index (χ1) is 12.8. The molecule has 0 radical (unpaired) electrons. The number of hydrogen-bond acceptors (Lipinski definition) is 6. The molecular formula is C17H19N5O4S. The summed E-state index contributed by atoms with van der Waals surface area (Å²) >= 11 is 0. The smallest absolute Gasteiger partial charge is 0.343 e. The van der Waals surface area contributed by atoms with E-state index in [9.17, 15) is 13.2 Å². The third kappa shape index (κ3) is 3.76. The Kier molecular flexibility index (Phi) is 5.10. The first-order valence-corrected chi connectivity index (χ1v) is 9.59. The third-order valence-corrected chi connectivity index (χ3v) is 5.18. The first-order valence-electron chi connectivity index (χ1n) is 8.15. The van der Waals surface area contributed by atoms with Gasteiger partial charge < -0.3 is 4.74 Å². The second-order valence-electron chi connectivity index (χ2n) is 5.79. The van der Waals surface area contributed by atoms with Gasteiger partial charge in [0.1, 0.15) is 5.56 Å². The van der Waals surface area contributed by atoms with Crippen LogP contribution in [0, 0.1) is 0 Å². The molecule has 0 saturated heterocycles. The molecule has 0 spiro atoms. The summed E-state index contributed by atoms with van der Waals surface area (Å²) in [5, 5.41) is 5.07. The van der Waals surface area contributed by atoms with Gasteiger partial charge >= 0.3 is 16.2 Å². The van der Waals surface area contributed by atoms with Crippen molar-refractivity contribution in [3.63, 3.8) is 0 Å². The van der Waals surface area contributed by atoms with Crippen LogP contribution in [0.2, 0.25) is 0 Å². The Hall–Kier alpha value is -2.98. The molecule has 142 valence electrons. The first kappa shape index (κ1) is 18.8. The van der Waals surface area contributed by atoms with E-state index in [2.05, 4.69) is 14.8 Å². The highest BCUT2D eigenvalue weighted by atomic mass is 32.2. The van der Waals surface area contributed by atoms with E-state index in [4.69, 9.17) is 4.74 Å². The molecule has 2 aromatic heterocycles. The molecule has 0 fully saturated rings. The number of aromatic nitrogens is 3. The van der Waals surface area contributed by atoms with Crippen molar-refractivity contribution in [1.29, 1.82) is 0 Å². The highest BCUT2D eigenvalue weighted by molar-refractivity contribution is 7.90. The minimum absolute atomic E-state index is 0.00256. The lowest BCUT2D eigenvalue weighted by atomic mass is 10.2. The maximum atomic E-state index is 12.3. The van der Waals surface area contributed by atoms with Crippen molar-refractivity contribution in [2.75, 3.05) is 25.4 Å². The lowest BCUT2D eigenvalue weighted by molar-refractivity contribution is 0.0527. The monoisotopic (exact) mass is 389 g/mol. The number of nitrogens with one attached hydrogen (secondary N) is 1. The van der Waals surface area contributed by atoms with Crippen LogP contribution in [-0.2, 0) is 14.9 Å². The molecular weight excluding hydrogens is 370 g/mol. The van der Waals surface area contributed by atoms with Gasteiger partial charge in [0.25, 0.3) is 0 Å². The van der Waals surface area contributed by atoms with Crippen LogP contribution >= 0.6 is 0 Å². The van der Waals surface area contributed by atoms with Crippen LogP contribution < -0.4 is 4.72 Å². The summed E-state index contributed by atoms with van der Waals surface area (Å²) in [5.41, 5.74) is 0.710. The molecule has 0 saturated carbocycles. The molecule has 0 bridgehead atoms. The van der Waals surface area contributed by atoms with Crippen LogP contribution in [0.25, 0.3) is 16.7 Å². The molecule has 0 atom stereocenters. The summed E-state index contributed by atoms with van der Waals surface area (Å²) < 4.78 is 34.3. The summed E-state index contributed by atoms with van der Waals surface area (Å²) in [6.45, 7) is 1.81. The Labute approximate surface area is 156 Å². The molecule has 0 aliphatic rings. The van der Waals surface area contributed by atoms with Crippen molar-refractivity contribution in [3.05, 3.63) is 48.2 Å². The van der Waals surface area contributed by atoms with Gasteiger partial charge in [0.05, 0.1) is 18.3 Å². The number of ether oxygens (including phenoxy) is 1. The predicted molar refractivity (Wildman–Crippen MR) is 101 cm³/mol. The zero-order valence-electron chi connectivity index (χ0n) is 15.1. The lowest BCUT2D eigenvalue weighted by Gasteiger charge is -2.15. The summed E-state index contributed by atoms with van der Waals surface area (Å²) in [6.07, 6.45) is 1.25. The van der Waals surface area contributed by atoms with Crippen LogP contribution in [0.4, 0.5) is 5.82 Å². The number of carbonyl (C=O) groups is 1. The summed E-state index contributed by atoms with van der Waals surface area (Å²) in [7, 11) is -1.13. The molecule has 3 rings (SSSR count). The van der Waals surface area contributed by atoms with Crippen LogP contribution in [0.5, 0.6) is 0 Å². The molecule has 0 unspecified atom stereocenters. The van der Waals surface area contributed by atoms with Crippen LogP contribution in [0.3, 0.4) is 0 Å². The van der Waals surface area contributed by atoms with Crippen molar-refractivity contribution < 1.29 is 17.9 Å². The molecule has 27 heavy (non-hydrogen) atoms. The molecule has 0 aliphatic heterocycles. The fourth-order valence-corrected chi connectivity index (χ4v) is 2.99. The number of carbonyl (C=O) groups excluding carboxylic acids is 1. The average molecular weight is 389 g/mol. The van der Waals surface area contributed by atoms with Gasteiger partial charge in [0.15, 0.2) is 11.6 Å². The van der Waals surface area contributed by atoms with E-state index >= 15 is 0 Å². The average Bonchev–Trinajstić information content (AvgIpc) is 3.04. The standard InChI is InChI=1S/C17H19N5O4S/c1-4-26-17(23)13-11-18-22(16(13)20-27(24,25)21(2)3)15-10-9-12-7-5-6-8-14(12)19-15/h5-11,20H,4H2,1-3H3. The van der Waals surface area contributed by atoms with E-state index in [0.717, 1.165) is 9.69 Å². The number of fused-ring (bicyclic) bond motifs is 1.